The Bertz CT molecular complexity index is 1470. The molecule has 1 heterocycles. The van der Waals surface area contributed by atoms with Crippen LogP contribution >= 0.6 is 0 Å². The molecule has 1 aromatic heterocycles. The number of hydrogen-bond acceptors (Lipinski definition) is 7. The molecule has 0 amide bonds. The summed E-state index contributed by atoms with van der Waals surface area (Å²) in [6.07, 6.45) is 4.85. The van der Waals surface area contributed by atoms with Gasteiger partial charge in [0, 0.05) is 28.3 Å². The van der Waals surface area contributed by atoms with Crippen LogP contribution in [0.4, 0.5) is 0 Å². The highest BCUT2D eigenvalue weighted by Gasteiger charge is 2.18. The second kappa shape index (κ2) is 10.9. The van der Waals surface area contributed by atoms with Gasteiger partial charge in [0.05, 0.1) is 41.1 Å². The Morgan fingerprint density at radius 2 is 1.32 bits per heavy atom. The van der Waals surface area contributed by atoms with Crippen LogP contribution < -0.4 is 23.7 Å². The standard InChI is InChI=1S/C29H27NO7/c1-33-24-13-11-18(14-25(24)34-2)29(32)30-17-19(21-8-6-7-9-22(21)30)10-12-23(31)20-15-26(35-3)28(37-5)27(16-20)36-4/h6-17H,1-5H3. The number of benzene rings is 3. The Hall–Kier alpha value is -4.72. The van der Waals surface area contributed by atoms with E-state index in [-0.39, 0.29) is 11.7 Å². The summed E-state index contributed by atoms with van der Waals surface area (Å²) in [4.78, 5) is 26.5. The van der Waals surface area contributed by atoms with Crippen LogP contribution in [0.15, 0.2) is 66.9 Å². The number of ether oxygens (including phenoxy) is 5. The number of carbonyl (C=O) groups excluding carboxylic acids is 2. The van der Waals surface area contributed by atoms with Crippen molar-refractivity contribution in [2.24, 2.45) is 0 Å². The summed E-state index contributed by atoms with van der Waals surface area (Å²) < 4.78 is 28.2. The van der Waals surface area contributed by atoms with Gasteiger partial charge in [0.2, 0.25) is 5.75 Å². The lowest BCUT2D eigenvalue weighted by molar-refractivity contribution is 0.0964. The summed E-state index contributed by atoms with van der Waals surface area (Å²) in [5, 5.41) is 0.824. The molecule has 0 aliphatic rings. The summed E-state index contributed by atoms with van der Waals surface area (Å²) in [7, 11) is 7.54. The topological polar surface area (TPSA) is 85.2 Å². The predicted octanol–water partition coefficient (Wildman–Crippen LogP) is 5.27. The quantitative estimate of drug-likeness (QED) is 0.228. The van der Waals surface area contributed by atoms with E-state index in [1.807, 2.05) is 24.3 Å². The molecule has 37 heavy (non-hydrogen) atoms. The highest BCUT2D eigenvalue weighted by Crippen LogP contribution is 2.38. The van der Waals surface area contributed by atoms with Crippen LogP contribution in [0, 0.1) is 0 Å². The number of hydrogen-bond donors (Lipinski definition) is 0. The fraction of sp³-hybridized carbons (Fsp3) is 0.172. The molecule has 0 spiro atoms. The third kappa shape index (κ3) is 4.86. The SMILES string of the molecule is COc1ccc(C(=O)n2cc(C=CC(=O)c3cc(OC)c(OC)c(OC)c3)c3ccccc32)cc1OC. The molecule has 4 rings (SSSR count). The zero-order valence-electron chi connectivity index (χ0n) is 21.2. The van der Waals surface area contributed by atoms with Crippen LogP contribution in [0.1, 0.15) is 26.3 Å². The highest BCUT2D eigenvalue weighted by molar-refractivity contribution is 6.09. The Morgan fingerprint density at radius 1 is 0.703 bits per heavy atom. The minimum atomic E-state index is -0.262. The number of fused-ring (bicyclic) bond motifs is 1. The van der Waals surface area contributed by atoms with Gasteiger partial charge in [0.1, 0.15) is 0 Å². The average Bonchev–Trinajstić information content (AvgIpc) is 3.32. The smallest absolute Gasteiger partial charge is 0.262 e. The van der Waals surface area contributed by atoms with E-state index in [0.717, 1.165) is 5.39 Å². The van der Waals surface area contributed by atoms with Gasteiger partial charge >= 0.3 is 0 Å². The summed E-state index contributed by atoms with van der Waals surface area (Å²) >= 11 is 0. The van der Waals surface area contributed by atoms with Crippen molar-refractivity contribution in [3.8, 4) is 28.7 Å². The number of methoxy groups -OCH3 is 5. The van der Waals surface area contributed by atoms with Gasteiger partial charge in [0.15, 0.2) is 28.8 Å². The van der Waals surface area contributed by atoms with Crippen LogP contribution in [0.5, 0.6) is 28.7 Å². The average molecular weight is 502 g/mol. The highest BCUT2D eigenvalue weighted by atomic mass is 16.5. The van der Waals surface area contributed by atoms with Crippen molar-refractivity contribution < 1.29 is 33.3 Å². The molecule has 8 nitrogen and oxygen atoms in total. The molecular weight excluding hydrogens is 474 g/mol. The van der Waals surface area contributed by atoms with Gasteiger partial charge < -0.3 is 23.7 Å². The molecule has 0 saturated heterocycles. The molecule has 0 aliphatic carbocycles. The van der Waals surface area contributed by atoms with Crippen LogP contribution in [-0.2, 0) is 0 Å². The Labute approximate surface area is 214 Å². The summed E-state index contributed by atoms with van der Waals surface area (Å²) in [6.45, 7) is 0. The lowest BCUT2D eigenvalue weighted by atomic mass is 10.1. The lowest BCUT2D eigenvalue weighted by Crippen LogP contribution is -2.11. The van der Waals surface area contributed by atoms with E-state index in [1.54, 1.807) is 47.2 Å². The van der Waals surface area contributed by atoms with Gasteiger partial charge in [0.25, 0.3) is 5.91 Å². The molecule has 0 saturated carbocycles. The fourth-order valence-corrected chi connectivity index (χ4v) is 4.10. The Morgan fingerprint density at radius 3 is 1.95 bits per heavy atom. The van der Waals surface area contributed by atoms with E-state index in [9.17, 15) is 9.59 Å². The van der Waals surface area contributed by atoms with Crippen molar-refractivity contribution in [1.29, 1.82) is 0 Å². The van der Waals surface area contributed by atoms with E-state index in [2.05, 4.69) is 0 Å². The van der Waals surface area contributed by atoms with Crippen LogP contribution in [0.2, 0.25) is 0 Å². The molecule has 0 aliphatic heterocycles. The summed E-state index contributed by atoms with van der Waals surface area (Å²) in [5.41, 5.74) is 2.23. The third-order valence-electron chi connectivity index (χ3n) is 5.96. The number of allylic oxidation sites excluding steroid dienone is 1. The van der Waals surface area contributed by atoms with Gasteiger partial charge in [-0.3, -0.25) is 14.2 Å². The second-order valence-electron chi connectivity index (χ2n) is 7.96. The van der Waals surface area contributed by atoms with Crippen molar-refractivity contribution in [2.75, 3.05) is 35.5 Å². The van der Waals surface area contributed by atoms with Crippen molar-refractivity contribution in [3.63, 3.8) is 0 Å². The maximum absolute atomic E-state index is 13.4. The zero-order valence-corrected chi connectivity index (χ0v) is 21.2. The molecule has 0 N–H and O–H groups in total. The van der Waals surface area contributed by atoms with Crippen molar-refractivity contribution in [1.82, 2.24) is 4.57 Å². The van der Waals surface area contributed by atoms with Gasteiger partial charge in [-0.15, -0.1) is 0 Å². The van der Waals surface area contributed by atoms with E-state index in [0.29, 0.717) is 51.0 Å². The molecule has 0 atom stereocenters. The first kappa shape index (κ1) is 25.4. The molecule has 0 radical (unpaired) electrons. The lowest BCUT2D eigenvalue weighted by Gasteiger charge is -2.13. The monoisotopic (exact) mass is 501 g/mol. The largest absolute Gasteiger partial charge is 0.493 e. The van der Waals surface area contributed by atoms with Crippen LogP contribution in [0.25, 0.3) is 17.0 Å². The summed E-state index contributed by atoms with van der Waals surface area (Å²) in [5.74, 6) is 1.66. The minimum absolute atomic E-state index is 0.243. The Kier molecular flexibility index (Phi) is 7.48. The molecule has 0 unspecified atom stereocenters. The first-order chi connectivity index (χ1) is 17.9. The first-order valence-electron chi connectivity index (χ1n) is 11.3. The minimum Gasteiger partial charge on any atom is -0.493 e. The number of para-hydroxylation sites is 1. The molecule has 0 bridgehead atoms. The number of nitrogens with zero attached hydrogens (tertiary/aromatic N) is 1. The van der Waals surface area contributed by atoms with Crippen LogP contribution in [-0.4, -0.2) is 51.8 Å². The fourth-order valence-electron chi connectivity index (χ4n) is 4.10. The Balaban J connectivity index is 1.71. The van der Waals surface area contributed by atoms with E-state index < -0.39 is 0 Å². The molecule has 190 valence electrons. The molecule has 0 fully saturated rings. The number of aromatic nitrogens is 1. The van der Waals surface area contributed by atoms with Gasteiger partial charge in [-0.05, 0) is 48.6 Å². The number of rotatable bonds is 9. The zero-order chi connectivity index (χ0) is 26.5. The van der Waals surface area contributed by atoms with Gasteiger partial charge in [-0.2, -0.15) is 0 Å². The van der Waals surface area contributed by atoms with E-state index in [1.165, 1.54) is 41.6 Å². The number of ketones is 1. The van der Waals surface area contributed by atoms with Gasteiger partial charge in [-0.1, -0.05) is 18.2 Å². The van der Waals surface area contributed by atoms with E-state index >= 15 is 0 Å². The normalized spacial score (nSPS) is 10.9. The molecular formula is C29H27NO7. The molecule has 3 aromatic carbocycles. The van der Waals surface area contributed by atoms with Crippen molar-refractivity contribution >= 4 is 28.7 Å². The summed E-state index contributed by atoms with van der Waals surface area (Å²) in [6, 6.07) is 15.7. The first-order valence-corrected chi connectivity index (χ1v) is 11.3. The third-order valence-corrected chi connectivity index (χ3v) is 5.96. The number of carbonyl (C=O) groups is 2. The molecule has 8 heteroatoms. The maximum Gasteiger partial charge on any atom is 0.262 e. The predicted molar refractivity (Wildman–Crippen MR) is 141 cm³/mol. The van der Waals surface area contributed by atoms with Crippen molar-refractivity contribution in [3.05, 3.63) is 83.6 Å². The van der Waals surface area contributed by atoms with E-state index in [4.69, 9.17) is 23.7 Å². The second-order valence-corrected chi connectivity index (χ2v) is 7.96. The van der Waals surface area contributed by atoms with Crippen LogP contribution in [0.3, 0.4) is 0 Å². The maximum atomic E-state index is 13.4. The van der Waals surface area contributed by atoms with Gasteiger partial charge in [-0.25, -0.2) is 0 Å². The molecule has 4 aromatic rings. The van der Waals surface area contributed by atoms with Crippen molar-refractivity contribution in [2.45, 2.75) is 0 Å².